The second-order valence-corrected chi connectivity index (χ2v) is 7.57. The van der Waals surface area contributed by atoms with Crippen molar-refractivity contribution in [2.75, 3.05) is 13.1 Å². The van der Waals surface area contributed by atoms with E-state index in [0.717, 1.165) is 50.9 Å². The van der Waals surface area contributed by atoms with Crippen LogP contribution in [-0.2, 0) is 10.3 Å². The van der Waals surface area contributed by atoms with Crippen molar-refractivity contribution in [3.63, 3.8) is 0 Å². The zero-order valence-electron chi connectivity index (χ0n) is 13.9. The monoisotopic (exact) mass is 305 g/mol. The van der Waals surface area contributed by atoms with Crippen LogP contribution in [-0.4, -0.2) is 40.0 Å². The van der Waals surface area contributed by atoms with Gasteiger partial charge in [-0.3, -0.25) is 4.68 Å². The van der Waals surface area contributed by atoms with E-state index in [4.69, 9.17) is 9.84 Å². The molecule has 2 unspecified atom stereocenters. The third-order valence-corrected chi connectivity index (χ3v) is 4.73. The van der Waals surface area contributed by atoms with Crippen LogP contribution in [0.5, 0.6) is 0 Å². The van der Waals surface area contributed by atoms with Crippen molar-refractivity contribution in [2.24, 2.45) is 0 Å². The summed E-state index contributed by atoms with van der Waals surface area (Å²) in [6.45, 7) is 8.16. The van der Waals surface area contributed by atoms with E-state index in [9.17, 15) is 4.79 Å². The molecule has 2 heterocycles. The summed E-state index contributed by atoms with van der Waals surface area (Å²) in [5.41, 5.74) is 1.15. The minimum atomic E-state index is -0.122. The maximum Gasteiger partial charge on any atom is 0.410 e. The predicted octanol–water partition coefficient (Wildman–Crippen LogP) is 3.51. The molecule has 1 saturated carbocycles. The standard InChI is InChI=1S/C17H27N3O2/c1-17(2,3)20-11-8-15(18-20)13-6-7-14(12-13)22-16(21)19-9-4-5-10-19/h8,11,13-14H,4-7,9-10,12H2,1-3H3. The molecule has 2 atom stereocenters. The molecule has 1 aliphatic carbocycles. The lowest BCUT2D eigenvalue weighted by Gasteiger charge is -2.19. The van der Waals surface area contributed by atoms with Gasteiger partial charge in [-0.05, 0) is 58.9 Å². The molecule has 0 spiro atoms. The van der Waals surface area contributed by atoms with Crippen LogP contribution in [0.4, 0.5) is 4.79 Å². The first-order chi connectivity index (χ1) is 10.4. The summed E-state index contributed by atoms with van der Waals surface area (Å²) < 4.78 is 7.69. The molecule has 5 heteroatoms. The number of hydrogen-bond acceptors (Lipinski definition) is 3. The fourth-order valence-corrected chi connectivity index (χ4v) is 3.36. The van der Waals surface area contributed by atoms with Gasteiger partial charge in [0.15, 0.2) is 0 Å². The Balaban J connectivity index is 1.55. The molecule has 1 aromatic heterocycles. The smallest absolute Gasteiger partial charge is 0.410 e. The maximum atomic E-state index is 12.1. The number of carbonyl (C=O) groups is 1. The molecule has 0 radical (unpaired) electrons. The number of ether oxygens (including phenoxy) is 1. The Hall–Kier alpha value is -1.52. The molecule has 1 saturated heterocycles. The Morgan fingerprint density at radius 1 is 1.27 bits per heavy atom. The van der Waals surface area contributed by atoms with Crippen LogP contribution in [0.3, 0.4) is 0 Å². The molecule has 22 heavy (non-hydrogen) atoms. The van der Waals surface area contributed by atoms with Gasteiger partial charge in [-0.2, -0.15) is 5.10 Å². The lowest BCUT2D eigenvalue weighted by molar-refractivity contribution is 0.0709. The van der Waals surface area contributed by atoms with E-state index in [1.165, 1.54) is 0 Å². The average molecular weight is 305 g/mol. The highest BCUT2D eigenvalue weighted by molar-refractivity contribution is 5.68. The van der Waals surface area contributed by atoms with E-state index < -0.39 is 0 Å². The summed E-state index contributed by atoms with van der Waals surface area (Å²) in [4.78, 5) is 13.9. The van der Waals surface area contributed by atoms with Crippen molar-refractivity contribution < 1.29 is 9.53 Å². The van der Waals surface area contributed by atoms with Crippen molar-refractivity contribution in [3.8, 4) is 0 Å². The lowest BCUT2D eigenvalue weighted by Crippen LogP contribution is -2.31. The van der Waals surface area contributed by atoms with Gasteiger partial charge in [0, 0.05) is 25.2 Å². The van der Waals surface area contributed by atoms with E-state index in [-0.39, 0.29) is 17.7 Å². The molecule has 1 aromatic rings. The van der Waals surface area contributed by atoms with Crippen LogP contribution in [0.2, 0.25) is 0 Å². The number of aromatic nitrogens is 2. The first-order valence-electron chi connectivity index (χ1n) is 8.45. The van der Waals surface area contributed by atoms with Gasteiger partial charge in [-0.1, -0.05) is 0 Å². The Labute approximate surface area is 132 Å². The minimum absolute atomic E-state index is 0.0124. The van der Waals surface area contributed by atoms with E-state index in [0.29, 0.717) is 5.92 Å². The normalized spacial score (nSPS) is 25.7. The largest absolute Gasteiger partial charge is 0.446 e. The highest BCUT2D eigenvalue weighted by Gasteiger charge is 2.32. The fraction of sp³-hybridized carbons (Fsp3) is 0.765. The number of amides is 1. The van der Waals surface area contributed by atoms with Gasteiger partial charge in [-0.15, -0.1) is 0 Å². The zero-order valence-corrected chi connectivity index (χ0v) is 13.9. The van der Waals surface area contributed by atoms with E-state index in [1.54, 1.807) is 0 Å². The molecule has 1 amide bonds. The average Bonchev–Trinajstić information content (AvgIpc) is 3.19. The zero-order chi connectivity index (χ0) is 15.7. The summed E-state index contributed by atoms with van der Waals surface area (Å²) in [5, 5.41) is 4.72. The summed E-state index contributed by atoms with van der Waals surface area (Å²) in [6.07, 6.45) is 7.10. The number of hydrogen-bond donors (Lipinski definition) is 0. The molecule has 122 valence electrons. The van der Waals surface area contributed by atoms with Crippen molar-refractivity contribution in [3.05, 3.63) is 18.0 Å². The van der Waals surface area contributed by atoms with Crippen LogP contribution < -0.4 is 0 Å². The van der Waals surface area contributed by atoms with Crippen molar-refractivity contribution in [1.82, 2.24) is 14.7 Å². The fourth-order valence-electron chi connectivity index (χ4n) is 3.36. The molecule has 3 rings (SSSR count). The molecule has 0 aromatic carbocycles. The SMILES string of the molecule is CC(C)(C)n1ccc(C2CCC(OC(=O)N3CCCC3)C2)n1. The van der Waals surface area contributed by atoms with Crippen LogP contribution in [0.15, 0.2) is 12.3 Å². The number of nitrogens with zero attached hydrogens (tertiary/aromatic N) is 3. The molecule has 1 aliphatic heterocycles. The first-order valence-corrected chi connectivity index (χ1v) is 8.45. The highest BCUT2D eigenvalue weighted by Crippen LogP contribution is 2.36. The van der Waals surface area contributed by atoms with Gasteiger partial charge < -0.3 is 9.64 Å². The van der Waals surface area contributed by atoms with Gasteiger partial charge in [0.25, 0.3) is 0 Å². The van der Waals surface area contributed by atoms with Crippen LogP contribution in [0.1, 0.15) is 64.5 Å². The Kier molecular flexibility index (Phi) is 4.15. The number of carbonyl (C=O) groups excluding carboxylic acids is 1. The summed E-state index contributed by atoms with van der Waals surface area (Å²) in [6, 6.07) is 2.11. The topological polar surface area (TPSA) is 47.4 Å². The third-order valence-electron chi connectivity index (χ3n) is 4.73. The molecular formula is C17H27N3O2. The summed E-state index contributed by atoms with van der Waals surface area (Å²) >= 11 is 0. The van der Waals surface area contributed by atoms with Crippen molar-refractivity contribution in [2.45, 2.75) is 70.4 Å². The quantitative estimate of drug-likeness (QED) is 0.840. The van der Waals surface area contributed by atoms with Crippen LogP contribution >= 0.6 is 0 Å². The van der Waals surface area contributed by atoms with Crippen molar-refractivity contribution in [1.29, 1.82) is 0 Å². The summed E-state index contributed by atoms with van der Waals surface area (Å²) in [5.74, 6) is 0.417. The second kappa shape index (κ2) is 5.94. The van der Waals surface area contributed by atoms with Crippen molar-refractivity contribution >= 4 is 6.09 Å². The molecule has 2 aliphatic rings. The maximum absolute atomic E-state index is 12.1. The van der Waals surface area contributed by atoms with Crippen LogP contribution in [0, 0.1) is 0 Å². The van der Waals surface area contributed by atoms with E-state index in [1.807, 2.05) is 9.58 Å². The lowest BCUT2D eigenvalue weighted by atomic mass is 10.0. The minimum Gasteiger partial charge on any atom is -0.446 e. The highest BCUT2D eigenvalue weighted by atomic mass is 16.6. The Bertz CT molecular complexity index is 526. The first kappa shape index (κ1) is 15.4. The van der Waals surface area contributed by atoms with Gasteiger partial charge in [0.05, 0.1) is 11.2 Å². The van der Waals surface area contributed by atoms with E-state index in [2.05, 4.69) is 33.0 Å². The Morgan fingerprint density at radius 3 is 2.64 bits per heavy atom. The molecule has 5 nitrogen and oxygen atoms in total. The molecule has 0 N–H and O–H groups in total. The van der Waals surface area contributed by atoms with E-state index >= 15 is 0 Å². The number of likely N-dealkylation sites (tertiary alicyclic amines) is 1. The second-order valence-electron chi connectivity index (χ2n) is 7.57. The van der Waals surface area contributed by atoms with Crippen LogP contribution in [0.25, 0.3) is 0 Å². The van der Waals surface area contributed by atoms with Gasteiger partial charge in [-0.25, -0.2) is 4.79 Å². The number of rotatable bonds is 2. The van der Waals surface area contributed by atoms with Gasteiger partial charge in [0.1, 0.15) is 6.10 Å². The predicted molar refractivity (Wildman–Crippen MR) is 84.9 cm³/mol. The molecular weight excluding hydrogens is 278 g/mol. The van der Waals surface area contributed by atoms with Gasteiger partial charge in [0.2, 0.25) is 0 Å². The Morgan fingerprint density at radius 2 is 2.00 bits per heavy atom. The van der Waals surface area contributed by atoms with Gasteiger partial charge >= 0.3 is 6.09 Å². The molecule has 0 bridgehead atoms. The third kappa shape index (κ3) is 3.28. The summed E-state index contributed by atoms with van der Waals surface area (Å²) in [7, 11) is 0. The molecule has 2 fully saturated rings.